The van der Waals surface area contributed by atoms with Crippen LogP contribution >= 0.6 is 0 Å². The Morgan fingerprint density at radius 1 is 1.40 bits per heavy atom. The number of hydrogen-bond donors (Lipinski definition) is 4. The molecule has 0 saturated carbocycles. The van der Waals surface area contributed by atoms with Crippen molar-refractivity contribution >= 4 is 11.9 Å². The number of aliphatic carboxylic acids is 1. The minimum atomic E-state index is -5.08. The van der Waals surface area contributed by atoms with E-state index in [-0.39, 0.29) is 12.1 Å². The molecule has 0 bridgehead atoms. The molecule has 1 atom stereocenters. The van der Waals surface area contributed by atoms with Crippen LogP contribution in [0.4, 0.5) is 13.2 Å². The summed E-state index contributed by atoms with van der Waals surface area (Å²) in [7, 11) is 0. The molecule has 1 heterocycles. The van der Waals surface area contributed by atoms with E-state index in [0.29, 0.717) is 26.2 Å². The number of hydrogen-bond acceptors (Lipinski definition) is 4. The van der Waals surface area contributed by atoms with E-state index in [1.54, 1.807) is 4.90 Å². The highest BCUT2D eigenvalue weighted by Gasteiger charge is 2.38. The van der Waals surface area contributed by atoms with Crippen LogP contribution in [0.15, 0.2) is 30.3 Å². The van der Waals surface area contributed by atoms with Gasteiger partial charge in [-0.1, -0.05) is 35.9 Å². The molecule has 1 aliphatic rings. The lowest BCUT2D eigenvalue weighted by Crippen LogP contribution is -2.50. The van der Waals surface area contributed by atoms with Gasteiger partial charge in [0, 0.05) is 19.6 Å². The van der Waals surface area contributed by atoms with E-state index in [9.17, 15) is 13.2 Å². The Balaban J connectivity index is 0.000000362. The third-order valence-electron chi connectivity index (χ3n) is 2.93. The van der Waals surface area contributed by atoms with Crippen LogP contribution in [0.2, 0.25) is 0 Å². The van der Waals surface area contributed by atoms with E-state index in [1.807, 2.05) is 18.2 Å². The Morgan fingerprint density at radius 2 is 1.92 bits per heavy atom. The zero-order chi connectivity index (χ0) is 19.5. The fourth-order valence-corrected chi connectivity index (χ4v) is 1.62. The number of aryl methyl sites for hydroxylation is 1. The highest BCUT2D eigenvalue weighted by atomic mass is 19.4. The average Bonchev–Trinajstić information content (AvgIpc) is 2.56. The molecule has 1 aromatic rings. The molecule has 6 N–H and O–H groups in total. The monoisotopic (exact) mass is 364 g/mol. The summed E-state index contributed by atoms with van der Waals surface area (Å²) in [6.07, 6.45) is -5.05. The minimum Gasteiger partial charge on any atom is -0.475 e. The zero-order valence-corrected chi connectivity index (χ0v) is 13.8. The molecule has 10 heteroatoms. The molecule has 1 unspecified atom stereocenters. The van der Waals surface area contributed by atoms with Gasteiger partial charge in [-0.15, -0.1) is 0 Å². The summed E-state index contributed by atoms with van der Waals surface area (Å²) in [6.45, 7) is 4.53. The Hall–Kier alpha value is -2.33. The molecule has 1 fully saturated rings. The second-order valence-electron chi connectivity index (χ2n) is 5.02. The number of morpholine rings is 1. The summed E-state index contributed by atoms with van der Waals surface area (Å²) in [6, 6.07) is 10.3. The maximum absolute atomic E-state index is 10.6. The van der Waals surface area contributed by atoms with Gasteiger partial charge < -0.3 is 26.2 Å². The van der Waals surface area contributed by atoms with Gasteiger partial charge in [0.05, 0.1) is 12.7 Å². The second kappa shape index (κ2) is 11.3. The molecule has 0 amide bonds. The Kier molecular flexibility index (Phi) is 10.2. The highest BCUT2D eigenvalue weighted by molar-refractivity contribution is 5.74. The SMILES string of the molecule is Cc1ccccc1.N=C(N)N1CCOC(CN)C1.O=C(O)C(F)(F)F. The molecular formula is C15H23F3N4O3. The van der Waals surface area contributed by atoms with Crippen molar-refractivity contribution in [2.75, 3.05) is 26.2 Å². The summed E-state index contributed by atoms with van der Waals surface area (Å²) in [5, 5.41) is 14.3. The number of nitrogens with zero attached hydrogens (tertiary/aromatic N) is 1. The van der Waals surface area contributed by atoms with Crippen molar-refractivity contribution in [2.24, 2.45) is 11.5 Å². The number of carbonyl (C=O) groups is 1. The third-order valence-corrected chi connectivity index (χ3v) is 2.93. The van der Waals surface area contributed by atoms with Crippen LogP contribution in [0.3, 0.4) is 0 Å². The van der Waals surface area contributed by atoms with Gasteiger partial charge in [-0.05, 0) is 6.92 Å². The number of carboxylic acids is 1. The Morgan fingerprint density at radius 3 is 2.24 bits per heavy atom. The van der Waals surface area contributed by atoms with E-state index in [4.69, 9.17) is 31.5 Å². The topological polar surface area (TPSA) is 126 Å². The Bertz CT molecular complexity index is 527. The standard InChI is InChI=1S/C7H8.C6H14N4O.C2HF3O2/c1-7-5-3-2-4-6-7;7-3-5-4-10(6(8)9)1-2-11-5;3-2(4,5)1(6)7/h2-6H,1H3;5H,1-4,7H2,(H3,8,9);(H,6,7). The van der Waals surface area contributed by atoms with Gasteiger partial charge in [0.25, 0.3) is 0 Å². The molecule has 0 aliphatic carbocycles. The highest BCUT2D eigenvalue weighted by Crippen LogP contribution is 2.13. The molecule has 0 radical (unpaired) electrons. The van der Waals surface area contributed by atoms with Gasteiger partial charge in [-0.3, -0.25) is 5.41 Å². The molecule has 2 rings (SSSR count). The summed E-state index contributed by atoms with van der Waals surface area (Å²) in [5.41, 5.74) is 12.0. The first kappa shape index (κ1) is 22.7. The van der Waals surface area contributed by atoms with Crippen LogP contribution < -0.4 is 11.5 Å². The van der Waals surface area contributed by atoms with E-state index >= 15 is 0 Å². The number of carboxylic acid groups (broad SMARTS) is 1. The van der Waals surface area contributed by atoms with Crippen LogP contribution in [0.1, 0.15) is 5.56 Å². The first-order valence-electron chi connectivity index (χ1n) is 7.30. The van der Waals surface area contributed by atoms with E-state index in [0.717, 1.165) is 0 Å². The maximum atomic E-state index is 10.6. The molecule has 0 aromatic heterocycles. The van der Waals surface area contributed by atoms with Crippen molar-refractivity contribution in [1.82, 2.24) is 4.90 Å². The number of alkyl halides is 3. The first-order valence-corrected chi connectivity index (χ1v) is 7.30. The lowest BCUT2D eigenvalue weighted by atomic mass is 10.2. The van der Waals surface area contributed by atoms with Crippen LogP contribution in [-0.2, 0) is 9.53 Å². The van der Waals surface area contributed by atoms with Gasteiger partial charge in [0.15, 0.2) is 5.96 Å². The molecule has 1 aromatic carbocycles. The van der Waals surface area contributed by atoms with Crippen molar-refractivity contribution < 1.29 is 27.8 Å². The van der Waals surface area contributed by atoms with Crippen molar-refractivity contribution in [3.63, 3.8) is 0 Å². The number of nitrogens with two attached hydrogens (primary N) is 2. The van der Waals surface area contributed by atoms with Crippen LogP contribution in [0, 0.1) is 12.3 Å². The van der Waals surface area contributed by atoms with Crippen LogP contribution in [0.5, 0.6) is 0 Å². The largest absolute Gasteiger partial charge is 0.490 e. The van der Waals surface area contributed by atoms with Crippen LogP contribution in [0.25, 0.3) is 0 Å². The second-order valence-corrected chi connectivity index (χ2v) is 5.02. The molecule has 7 nitrogen and oxygen atoms in total. The molecule has 142 valence electrons. The maximum Gasteiger partial charge on any atom is 0.490 e. The van der Waals surface area contributed by atoms with Gasteiger partial charge in [-0.25, -0.2) is 4.79 Å². The van der Waals surface area contributed by atoms with Crippen LogP contribution in [-0.4, -0.2) is 60.5 Å². The van der Waals surface area contributed by atoms with Crippen molar-refractivity contribution in [3.05, 3.63) is 35.9 Å². The first-order chi connectivity index (χ1) is 11.6. The molecule has 25 heavy (non-hydrogen) atoms. The fourth-order valence-electron chi connectivity index (χ4n) is 1.62. The number of guanidine groups is 1. The predicted molar refractivity (Wildman–Crippen MR) is 87.2 cm³/mol. The van der Waals surface area contributed by atoms with Gasteiger partial charge in [-0.2, -0.15) is 13.2 Å². The summed E-state index contributed by atoms with van der Waals surface area (Å²) < 4.78 is 37.0. The average molecular weight is 364 g/mol. The smallest absolute Gasteiger partial charge is 0.475 e. The normalized spacial score (nSPS) is 16.7. The van der Waals surface area contributed by atoms with Crippen molar-refractivity contribution in [1.29, 1.82) is 5.41 Å². The summed E-state index contributed by atoms with van der Waals surface area (Å²) in [4.78, 5) is 10.7. The number of rotatable bonds is 1. The molecule has 1 saturated heterocycles. The molecule has 1 aliphatic heterocycles. The summed E-state index contributed by atoms with van der Waals surface area (Å²) >= 11 is 0. The third kappa shape index (κ3) is 11.0. The summed E-state index contributed by atoms with van der Waals surface area (Å²) in [5.74, 6) is -2.65. The number of benzene rings is 1. The minimum absolute atomic E-state index is 0.0349. The van der Waals surface area contributed by atoms with E-state index in [1.165, 1.54) is 5.56 Å². The van der Waals surface area contributed by atoms with Gasteiger partial charge in [0.1, 0.15) is 0 Å². The lowest BCUT2D eigenvalue weighted by molar-refractivity contribution is -0.192. The van der Waals surface area contributed by atoms with Gasteiger partial charge in [0.2, 0.25) is 0 Å². The quantitative estimate of drug-likeness (QED) is 0.438. The van der Waals surface area contributed by atoms with Crippen molar-refractivity contribution in [3.8, 4) is 0 Å². The van der Waals surface area contributed by atoms with Crippen molar-refractivity contribution in [2.45, 2.75) is 19.2 Å². The number of nitrogens with one attached hydrogen (secondary N) is 1. The Labute approximate surface area is 143 Å². The predicted octanol–water partition coefficient (Wildman–Crippen LogP) is 1.17. The molecular weight excluding hydrogens is 341 g/mol. The van der Waals surface area contributed by atoms with Gasteiger partial charge >= 0.3 is 12.1 Å². The molecule has 0 spiro atoms. The zero-order valence-electron chi connectivity index (χ0n) is 13.8. The van der Waals surface area contributed by atoms with E-state index in [2.05, 4.69) is 19.1 Å². The number of halogens is 3. The fraction of sp³-hybridized carbons (Fsp3) is 0.467. The lowest BCUT2D eigenvalue weighted by Gasteiger charge is -2.32. The van der Waals surface area contributed by atoms with E-state index < -0.39 is 12.1 Å². The number of ether oxygens (including phenoxy) is 1.